The van der Waals surface area contributed by atoms with Gasteiger partial charge in [-0.25, -0.2) is 0 Å². The smallest absolute Gasteiger partial charge is 0.393 e. The Morgan fingerprint density at radius 3 is 2.57 bits per heavy atom. The highest BCUT2D eigenvalue weighted by Crippen LogP contribution is 2.33. The Balaban J connectivity index is 1.93. The van der Waals surface area contributed by atoms with E-state index in [1.54, 1.807) is 7.11 Å². The van der Waals surface area contributed by atoms with E-state index >= 15 is 0 Å². The van der Waals surface area contributed by atoms with Gasteiger partial charge >= 0.3 is 6.18 Å². The van der Waals surface area contributed by atoms with E-state index in [0.29, 0.717) is 19.5 Å². The van der Waals surface area contributed by atoms with Gasteiger partial charge in [0, 0.05) is 19.1 Å². The molecule has 6 heteroatoms. The Morgan fingerprint density at radius 1 is 1.33 bits per heavy atom. The minimum absolute atomic E-state index is 0.0490. The number of hydrogen-bond donors (Lipinski definition) is 1. The number of halogens is 3. The third-order valence-corrected chi connectivity index (χ3v) is 3.97. The monoisotopic (exact) mass is 302 g/mol. The van der Waals surface area contributed by atoms with E-state index < -0.39 is 12.1 Å². The maximum atomic E-state index is 12.8. The third kappa shape index (κ3) is 4.35. The third-order valence-electron chi connectivity index (χ3n) is 3.97. The van der Waals surface area contributed by atoms with E-state index in [4.69, 9.17) is 10.5 Å². The number of nitrogens with zero attached hydrogens (tertiary/aromatic N) is 1. The maximum Gasteiger partial charge on any atom is 0.393 e. The minimum Gasteiger partial charge on any atom is -0.497 e. The lowest BCUT2D eigenvalue weighted by atomic mass is 9.96. The lowest BCUT2D eigenvalue weighted by Crippen LogP contribution is -2.44. The highest BCUT2D eigenvalue weighted by Gasteiger charge is 2.41. The van der Waals surface area contributed by atoms with E-state index in [1.807, 2.05) is 29.2 Å². The molecule has 2 N–H and O–H groups in total. The summed E-state index contributed by atoms with van der Waals surface area (Å²) in [7, 11) is 1.58. The van der Waals surface area contributed by atoms with Crippen LogP contribution in [0.1, 0.15) is 24.4 Å². The van der Waals surface area contributed by atoms with Gasteiger partial charge in [-0.3, -0.25) is 0 Å². The molecule has 118 valence electrons. The first-order valence-corrected chi connectivity index (χ1v) is 7.08. The van der Waals surface area contributed by atoms with Crippen LogP contribution < -0.4 is 10.5 Å². The van der Waals surface area contributed by atoms with Gasteiger partial charge in [0.25, 0.3) is 0 Å². The topological polar surface area (TPSA) is 38.5 Å². The average molecular weight is 302 g/mol. The summed E-state index contributed by atoms with van der Waals surface area (Å²) < 4.78 is 43.4. The lowest BCUT2D eigenvalue weighted by Gasteiger charge is -2.35. The predicted octanol–water partition coefficient (Wildman–Crippen LogP) is 2.97. The molecule has 3 nitrogen and oxygen atoms in total. The molecular formula is C15H21F3N2O. The second-order valence-corrected chi connectivity index (χ2v) is 5.52. The van der Waals surface area contributed by atoms with Crippen molar-refractivity contribution in [3.8, 4) is 5.75 Å². The van der Waals surface area contributed by atoms with Crippen LogP contribution in [0.25, 0.3) is 0 Å². The van der Waals surface area contributed by atoms with Crippen LogP contribution in [0.4, 0.5) is 13.2 Å². The van der Waals surface area contributed by atoms with Crippen LogP contribution in [0.3, 0.4) is 0 Å². The molecule has 0 bridgehead atoms. The molecular weight excluding hydrogens is 281 g/mol. The lowest BCUT2D eigenvalue weighted by molar-refractivity contribution is -0.186. The molecule has 0 amide bonds. The van der Waals surface area contributed by atoms with Crippen LogP contribution in [0, 0.1) is 5.92 Å². The highest BCUT2D eigenvalue weighted by atomic mass is 19.4. The number of ether oxygens (including phenoxy) is 1. The molecule has 1 aromatic carbocycles. The van der Waals surface area contributed by atoms with E-state index in [2.05, 4.69) is 0 Å². The standard InChI is InChI=1S/C15H21F3N2O/c1-21-13-6-4-11(5-7-13)14(19)10-20-8-2-3-12(9-20)15(16,17)18/h4-7,12,14H,2-3,8-10,19H2,1H3. The van der Waals surface area contributed by atoms with Gasteiger partial charge in [-0.1, -0.05) is 12.1 Å². The van der Waals surface area contributed by atoms with Crippen LogP contribution in [0.5, 0.6) is 5.75 Å². The number of piperidine rings is 1. The molecule has 0 aromatic heterocycles. The van der Waals surface area contributed by atoms with Gasteiger partial charge in [0.1, 0.15) is 5.75 Å². The number of alkyl halides is 3. The molecule has 0 aliphatic carbocycles. The van der Waals surface area contributed by atoms with Crippen LogP contribution >= 0.6 is 0 Å². The van der Waals surface area contributed by atoms with Crippen molar-refractivity contribution >= 4 is 0 Å². The second-order valence-electron chi connectivity index (χ2n) is 5.52. The summed E-state index contributed by atoms with van der Waals surface area (Å²) in [6.07, 6.45) is -3.32. The zero-order valence-corrected chi connectivity index (χ0v) is 12.1. The summed E-state index contributed by atoms with van der Waals surface area (Å²) in [4.78, 5) is 1.82. The highest BCUT2D eigenvalue weighted by molar-refractivity contribution is 5.29. The van der Waals surface area contributed by atoms with Crippen molar-refractivity contribution in [3.05, 3.63) is 29.8 Å². The summed E-state index contributed by atoms with van der Waals surface area (Å²) in [6, 6.07) is 7.04. The van der Waals surface area contributed by atoms with Gasteiger partial charge in [-0.05, 0) is 37.1 Å². The molecule has 1 aliphatic heterocycles. The van der Waals surface area contributed by atoms with Crippen molar-refractivity contribution in [2.75, 3.05) is 26.7 Å². The Morgan fingerprint density at radius 2 is 2.00 bits per heavy atom. The first kappa shape index (κ1) is 16.1. The first-order chi connectivity index (χ1) is 9.90. The van der Waals surface area contributed by atoms with Crippen LogP contribution in [0.2, 0.25) is 0 Å². The van der Waals surface area contributed by atoms with Crippen molar-refractivity contribution < 1.29 is 17.9 Å². The molecule has 1 saturated heterocycles. The molecule has 2 rings (SSSR count). The van der Waals surface area contributed by atoms with E-state index in [0.717, 1.165) is 11.3 Å². The number of rotatable bonds is 4. The zero-order valence-electron chi connectivity index (χ0n) is 12.1. The fourth-order valence-electron chi connectivity index (χ4n) is 2.72. The van der Waals surface area contributed by atoms with Crippen molar-refractivity contribution in [2.45, 2.75) is 25.1 Å². The second kappa shape index (κ2) is 6.66. The molecule has 0 saturated carbocycles. The van der Waals surface area contributed by atoms with E-state index in [1.165, 1.54) is 0 Å². The normalized spacial score (nSPS) is 22.0. The summed E-state index contributed by atoms with van der Waals surface area (Å²) in [5.74, 6) is -0.490. The van der Waals surface area contributed by atoms with Gasteiger partial charge in [0.2, 0.25) is 0 Å². The van der Waals surface area contributed by atoms with Crippen molar-refractivity contribution in [1.29, 1.82) is 0 Å². The number of nitrogens with two attached hydrogens (primary N) is 1. The van der Waals surface area contributed by atoms with E-state index in [9.17, 15) is 13.2 Å². The number of hydrogen-bond acceptors (Lipinski definition) is 3. The molecule has 1 heterocycles. The average Bonchev–Trinajstić information content (AvgIpc) is 2.47. The quantitative estimate of drug-likeness (QED) is 0.929. The Labute approximate surface area is 122 Å². The fraction of sp³-hybridized carbons (Fsp3) is 0.600. The Hall–Kier alpha value is -1.27. The zero-order chi connectivity index (χ0) is 15.5. The summed E-state index contributed by atoms with van der Waals surface area (Å²) in [5, 5.41) is 0. The maximum absolute atomic E-state index is 12.8. The van der Waals surface area contributed by atoms with Crippen molar-refractivity contribution in [2.24, 2.45) is 11.7 Å². The molecule has 21 heavy (non-hydrogen) atoms. The molecule has 1 aliphatic rings. The molecule has 1 aromatic rings. The SMILES string of the molecule is COc1ccc(C(N)CN2CCCC(C(F)(F)F)C2)cc1. The van der Waals surface area contributed by atoms with E-state index in [-0.39, 0.29) is 19.0 Å². The molecule has 1 fully saturated rings. The number of likely N-dealkylation sites (tertiary alicyclic amines) is 1. The summed E-state index contributed by atoms with van der Waals surface area (Å²) in [5.41, 5.74) is 7.02. The van der Waals surface area contributed by atoms with Crippen molar-refractivity contribution in [3.63, 3.8) is 0 Å². The molecule has 0 spiro atoms. The molecule has 0 radical (unpaired) electrons. The molecule has 2 unspecified atom stereocenters. The largest absolute Gasteiger partial charge is 0.497 e. The predicted molar refractivity (Wildman–Crippen MR) is 75.1 cm³/mol. The van der Waals surface area contributed by atoms with Gasteiger partial charge in [0.15, 0.2) is 0 Å². The van der Waals surface area contributed by atoms with Crippen LogP contribution in [-0.4, -0.2) is 37.8 Å². The Kier molecular flexibility index (Phi) is 5.11. The van der Waals surface area contributed by atoms with Gasteiger partial charge in [-0.2, -0.15) is 13.2 Å². The van der Waals surface area contributed by atoms with Crippen LogP contribution in [0.15, 0.2) is 24.3 Å². The fourth-order valence-corrected chi connectivity index (χ4v) is 2.72. The summed E-state index contributed by atoms with van der Waals surface area (Å²) >= 11 is 0. The van der Waals surface area contributed by atoms with Gasteiger partial charge < -0.3 is 15.4 Å². The van der Waals surface area contributed by atoms with Gasteiger partial charge in [-0.15, -0.1) is 0 Å². The van der Waals surface area contributed by atoms with Crippen LogP contribution in [-0.2, 0) is 0 Å². The first-order valence-electron chi connectivity index (χ1n) is 7.08. The number of benzene rings is 1. The number of methoxy groups -OCH3 is 1. The minimum atomic E-state index is -4.11. The summed E-state index contributed by atoms with van der Waals surface area (Å²) in [6.45, 7) is 1.17. The molecule has 2 atom stereocenters. The van der Waals surface area contributed by atoms with Gasteiger partial charge in [0.05, 0.1) is 13.0 Å². The van der Waals surface area contributed by atoms with Crippen molar-refractivity contribution in [1.82, 2.24) is 4.90 Å². The Bertz CT molecular complexity index is 447.